The van der Waals surface area contributed by atoms with E-state index in [1.165, 1.54) is 15.7 Å². The van der Waals surface area contributed by atoms with E-state index in [-0.39, 0.29) is 0 Å². The van der Waals surface area contributed by atoms with Crippen LogP contribution in [0.2, 0.25) is 0 Å². The Hall–Kier alpha value is -0.540. The largest absolute Gasteiger partial charge is 0.370 e. The predicted octanol–water partition coefficient (Wildman–Crippen LogP) is 2.29. The highest BCUT2D eigenvalue weighted by Gasteiger charge is 2.19. The number of anilines is 1. The zero-order valence-electron chi connectivity index (χ0n) is 8.33. The number of halogens is 1. The molecule has 1 fully saturated rings. The molecular weight excluding hydrogens is 240 g/mol. The third-order valence-corrected chi connectivity index (χ3v) is 3.60. The molecule has 0 aromatic heterocycles. The van der Waals surface area contributed by atoms with Crippen molar-refractivity contribution >= 4 is 21.6 Å². The van der Waals surface area contributed by atoms with Crippen molar-refractivity contribution in [3.8, 4) is 0 Å². The zero-order valence-corrected chi connectivity index (χ0v) is 9.92. The maximum absolute atomic E-state index is 5.88. The average Bonchev–Trinajstić information content (AvgIpc) is 2.57. The minimum atomic E-state index is 0.343. The van der Waals surface area contributed by atoms with Crippen LogP contribution in [0.15, 0.2) is 22.7 Å². The van der Waals surface area contributed by atoms with Crippen LogP contribution in [0.25, 0.3) is 0 Å². The van der Waals surface area contributed by atoms with Crippen LogP contribution >= 0.6 is 15.9 Å². The van der Waals surface area contributed by atoms with Crippen LogP contribution in [0.4, 0.5) is 5.69 Å². The van der Waals surface area contributed by atoms with Crippen molar-refractivity contribution in [3.63, 3.8) is 0 Å². The molecule has 2 nitrogen and oxygen atoms in total. The van der Waals surface area contributed by atoms with Crippen LogP contribution in [0.5, 0.6) is 0 Å². The smallest absolute Gasteiger partial charge is 0.0378 e. The summed E-state index contributed by atoms with van der Waals surface area (Å²) in [5.74, 6) is 0. The molecule has 0 aliphatic carbocycles. The average molecular weight is 255 g/mol. The molecule has 1 atom stereocenters. The second kappa shape index (κ2) is 3.91. The van der Waals surface area contributed by atoms with Crippen LogP contribution in [-0.4, -0.2) is 19.1 Å². The molecule has 1 aliphatic heterocycles. The molecule has 2 rings (SSSR count). The van der Waals surface area contributed by atoms with E-state index in [4.69, 9.17) is 5.73 Å². The summed E-state index contributed by atoms with van der Waals surface area (Å²) < 4.78 is 1.18. The van der Waals surface area contributed by atoms with Crippen LogP contribution in [0.3, 0.4) is 0 Å². The van der Waals surface area contributed by atoms with Crippen molar-refractivity contribution in [2.24, 2.45) is 5.73 Å². The molecule has 76 valence electrons. The fraction of sp³-hybridized carbons (Fsp3) is 0.455. The molecule has 0 saturated carbocycles. The van der Waals surface area contributed by atoms with Gasteiger partial charge in [0.2, 0.25) is 0 Å². The number of benzene rings is 1. The Kier molecular flexibility index (Phi) is 2.79. The fourth-order valence-corrected chi connectivity index (χ4v) is 2.17. The second-order valence-electron chi connectivity index (χ2n) is 3.93. The van der Waals surface area contributed by atoms with E-state index in [2.05, 4.69) is 46.0 Å². The summed E-state index contributed by atoms with van der Waals surface area (Å²) in [7, 11) is 0. The summed E-state index contributed by atoms with van der Waals surface area (Å²) in [5.41, 5.74) is 8.43. The summed E-state index contributed by atoms with van der Waals surface area (Å²) >= 11 is 3.55. The van der Waals surface area contributed by atoms with Crippen molar-refractivity contribution < 1.29 is 0 Å². The van der Waals surface area contributed by atoms with Crippen molar-refractivity contribution in [2.45, 2.75) is 19.4 Å². The van der Waals surface area contributed by atoms with Gasteiger partial charge in [0.25, 0.3) is 0 Å². The minimum Gasteiger partial charge on any atom is -0.370 e. The van der Waals surface area contributed by atoms with E-state index in [0.29, 0.717) is 6.04 Å². The zero-order chi connectivity index (χ0) is 10.1. The predicted molar refractivity (Wildman–Crippen MR) is 63.7 cm³/mol. The Balaban J connectivity index is 2.20. The first-order valence-corrected chi connectivity index (χ1v) is 5.73. The summed E-state index contributed by atoms with van der Waals surface area (Å²) in [6.07, 6.45) is 1.10. The molecule has 1 saturated heterocycles. The monoisotopic (exact) mass is 254 g/mol. The van der Waals surface area contributed by atoms with Crippen molar-refractivity contribution in [1.29, 1.82) is 0 Å². The van der Waals surface area contributed by atoms with Gasteiger partial charge in [-0.2, -0.15) is 0 Å². The molecule has 3 heteroatoms. The lowest BCUT2D eigenvalue weighted by Crippen LogP contribution is -2.26. The number of nitrogens with zero attached hydrogens (tertiary/aromatic N) is 1. The molecule has 2 N–H and O–H groups in total. The number of hydrogen-bond acceptors (Lipinski definition) is 2. The molecule has 0 amide bonds. The molecule has 1 heterocycles. The molecular formula is C11H15BrN2. The first kappa shape index (κ1) is 9.99. The van der Waals surface area contributed by atoms with Gasteiger partial charge in [-0.25, -0.2) is 0 Å². The van der Waals surface area contributed by atoms with E-state index >= 15 is 0 Å². The van der Waals surface area contributed by atoms with E-state index < -0.39 is 0 Å². The van der Waals surface area contributed by atoms with Gasteiger partial charge in [-0.1, -0.05) is 22.0 Å². The van der Waals surface area contributed by atoms with Gasteiger partial charge in [-0.3, -0.25) is 0 Å². The third kappa shape index (κ3) is 1.93. The molecule has 1 aromatic rings. The van der Waals surface area contributed by atoms with Gasteiger partial charge in [0.15, 0.2) is 0 Å². The van der Waals surface area contributed by atoms with Gasteiger partial charge in [0.05, 0.1) is 0 Å². The highest BCUT2D eigenvalue weighted by Crippen LogP contribution is 2.25. The minimum absolute atomic E-state index is 0.343. The summed E-state index contributed by atoms with van der Waals surface area (Å²) in [5, 5.41) is 0. The normalized spacial score (nSPS) is 21.6. The van der Waals surface area contributed by atoms with Crippen LogP contribution in [0, 0.1) is 6.92 Å². The SMILES string of the molecule is Cc1ccc(N2CCC(N)C2)cc1Br. The Morgan fingerprint density at radius 1 is 1.50 bits per heavy atom. The summed E-state index contributed by atoms with van der Waals surface area (Å²) in [6.45, 7) is 4.16. The lowest BCUT2D eigenvalue weighted by Gasteiger charge is -2.18. The quantitative estimate of drug-likeness (QED) is 0.834. The van der Waals surface area contributed by atoms with Gasteiger partial charge < -0.3 is 10.6 Å². The maximum Gasteiger partial charge on any atom is 0.0378 e. The Morgan fingerprint density at radius 2 is 2.29 bits per heavy atom. The molecule has 1 aromatic carbocycles. The number of aryl methyl sites for hydroxylation is 1. The molecule has 0 bridgehead atoms. The van der Waals surface area contributed by atoms with E-state index in [9.17, 15) is 0 Å². The number of rotatable bonds is 1. The fourth-order valence-electron chi connectivity index (χ4n) is 1.80. The van der Waals surface area contributed by atoms with Gasteiger partial charge in [-0.15, -0.1) is 0 Å². The highest BCUT2D eigenvalue weighted by atomic mass is 79.9. The molecule has 14 heavy (non-hydrogen) atoms. The first-order chi connectivity index (χ1) is 6.66. The summed E-state index contributed by atoms with van der Waals surface area (Å²) in [6, 6.07) is 6.82. The van der Waals surface area contributed by atoms with Gasteiger partial charge in [0.1, 0.15) is 0 Å². The first-order valence-electron chi connectivity index (χ1n) is 4.93. The highest BCUT2D eigenvalue weighted by molar-refractivity contribution is 9.10. The lowest BCUT2D eigenvalue weighted by atomic mass is 10.2. The van der Waals surface area contributed by atoms with Crippen molar-refractivity contribution in [2.75, 3.05) is 18.0 Å². The van der Waals surface area contributed by atoms with Crippen LogP contribution in [-0.2, 0) is 0 Å². The number of nitrogens with two attached hydrogens (primary N) is 1. The van der Waals surface area contributed by atoms with Crippen molar-refractivity contribution in [1.82, 2.24) is 0 Å². The van der Waals surface area contributed by atoms with Crippen LogP contribution in [0.1, 0.15) is 12.0 Å². The van der Waals surface area contributed by atoms with E-state index in [0.717, 1.165) is 19.5 Å². The topological polar surface area (TPSA) is 29.3 Å². The van der Waals surface area contributed by atoms with Crippen molar-refractivity contribution in [3.05, 3.63) is 28.2 Å². The molecule has 1 unspecified atom stereocenters. The third-order valence-electron chi connectivity index (χ3n) is 2.75. The van der Waals surface area contributed by atoms with Gasteiger partial charge in [-0.05, 0) is 31.0 Å². The standard InChI is InChI=1S/C11H15BrN2/c1-8-2-3-10(6-11(8)12)14-5-4-9(13)7-14/h2-3,6,9H,4-5,7,13H2,1H3. The molecule has 1 aliphatic rings. The lowest BCUT2D eigenvalue weighted by molar-refractivity contribution is 0.752. The number of hydrogen-bond donors (Lipinski definition) is 1. The van der Waals surface area contributed by atoms with Gasteiger partial charge in [0, 0.05) is 29.3 Å². The Bertz CT molecular complexity index is 338. The van der Waals surface area contributed by atoms with E-state index in [1.54, 1.807) is 0 Å². The van der Waals surface area contributed by atoms with E-state index in [1.807, 2.05) is 0 Å². The van der Waals surface area contributed by atoms with Crippen LogP contribution < -0.4 is 10.6 Å². The summed E-state index contributed by atoms with van der Waals surface area (Å²) in [4.78, 5) is 2.34. The molecule has 0 radical (unpaired) electrons. The second-order valence-corrected chi connectivity index (χ2v) is 4.78. The maximum atomic E-state index is 5.88. The Labute approximate surface area is 93.2 Å². The molecule has 0 spiro atoms. The van der Waals surface area contributed by atoms with Gasteiger partial charge >= 0.3 is 0 Å². The Morgan fingerprint density at radius 3 is 2.86 bits per heavy atom.